The van der Waals surface area contributed by atoms with Gasteiger partial charge in [-0.25, -0.2) is 21.8 Å². The van der Waals surface area contributed by atoms with E-state index in [1.807, 2.05) is 21.1 Å². The third-order valence-electron chi connectivity index (χ3n) is 6.44. The summed E-state index contributed by atoms with van der Waals surface area (Å²) in [4.78, 5) is 22.2. The highest BCUT2D eigenvalue weighted by Crippen LogP contribution is 2.39. The molecule has 4 aromatic rings. The normalized spacial score (nSPS) is 12.4. The van der Waals surface area contributed by atoms with Crippen LogP contribution in [0, 0.1) is 5.41 Å². The maximum absolute atomic E-state index is 13.4. The maximum Gasteiger partial charge on any atom is 0.263 e. The Hall–Kier alpha value is -4.23. The molecule has 4 rings (SSSR count). The quantitative estimate of drug-likeness (QED) is 0.0508. The topological polar surface area (TPSA) is 240 Å². The van der Waals surface area contributed by atoms with Gasteiger partial charge in [-0.15, -0.1) is 0 Å². The minimum atomic E-state index is -4.78. The van der Waals surface area contributed by atoms with Gasteiger partial charge < -0.3 is 30.9 Å². The van der Waals surface area contributed by atoms with Crippen LogP contribution in [-0.4, -0.2) is 87.7 Å². The smallest absolute Gasteiger partial charge is 0.263 e. The van der Waals surface area contributed by atoms with Crippen LogP contribution in [0.2, 0.25) is 0 Å². The molecule has 0 saturated carbocycles. The molecule has 0 bridgehead atoms. The van der Waals surface area contributed by atoms with Crippen molar-refractivity contribution in [3.63, 3.8) is 0 Å². The van der Waals surface area contributed by atoms with Gasteiger partial charge >= 0.3 is 0 Å². The number of hydrogen-bond acceptors (Lipinski definition) is 9. The number of hydrogen-bond donors (Lipinski definition) is 8. The van der Waals surface area contributed by atoms with Crippen LogP contribution in [0.1, 0.15) is 15.9 Å². The molecule has 0 spiro atoms. The summed E-state index contributed by atoms with van der Waals surface area (Å²) in [5, 5.41) is 29.6. The van der Waals surface area contributed by atoms with E-state index in [-0.39, 0.29) is 40.5 Å². The number of aromatic amines is 1. The first-order chi connectivity index (χ1) is 20.1. The number of carbonyl (C=O) groups is 1. The summed E-state index contributed by atoms with van der Waals surface area (Å²) in [5.74, 6) is -0.857. The van der Waals surface area contributed by atoms with Crippen molar-refractivity contribution in [1.29, 1.82) is 5.41 Å². The molecular weight excluding hydrogens is 600 g/mol. The van der Waals surface area contributed by atoms with Crippen LogP contribution in [-0.2, 0) is 20.0 Å². The van der Waals surface area contributed by atoms with Gasteiger partial charge in [0.1, 0.15) is 16.6 Å². The Bertz CT molecular complexity index is 1950. The molecule has 0 fully saturated rings. The fourth-order valence-corrected chi connectivity index (χ4v) is 6.17. The van der Waals surface area contributed by atoms with Gasteiger partial charge in [-0.3, -0.25) is 10.2 Å². The lowest BCUT2D eigenvalue weighted by Crippen LogP contribution is -2.41. The van der Waals surface area contributed by atoms with Crippen molar-refractivity contribution in [2.24, 2.45) is 5.73 Å². The van der Waals surface area contributed by atoms with Gasteiger partial charge in [-0.1, -0.05) is 28.0 Å². The number of nitrogens with two attached hydrogens (primary N) is 1. The number of imidazole rings is 1. The van der Waals surface area contributed by atoms with Gasteiger partial charge in [-0.05, 0) is 36.4 Å². The molecule has 0 aliphatic rings. The largest absolute Gasteiger partial charge is 0.384 e. The molecule has 3 aromatic carbocycles. The average Bonchev–Trinajstić information content (AvgIpc) is 3.39. The Morgan fingerprint density at radius 2 is 1.58 bits per heavy atom. The number of nitrogens with zero attached hydrogens (tertiary/aromatic N) is 2. The summed E-state index contributed by atoms with van der Waals surface area (Å²) in [6.07, 6.45) is 0. The number of benzene rings is 3. The van der Waals surface area contributed by atoms with Crippen molar-refractivity contribution < 1.29 is 36.5 Å². The third kappa shape index (κ3) is 6.73. The molecule has 1 heterocycles. The Kier molecular flexibility index (Phi) is 8.70. The van der Waals surface area contributed by atoms with Crippen molar-refractivity contribution in [2.45, 2.75) is 9.79 Å². The summed E-state index contributed by atoms with van der Waals surface area (Å²) >= 11 is 0. The molecule has 9 N–H and O–H groups in total. The van der Waals surface area contributed by atoms with Crippen molar-refractivity contribution in [2.75, 3.05) is 34.2 Å². The standard InChI is InChI=1S/C26H30N8O7S2/c1-34(2,3)11-10-29-26(35)16-12-18(17-6-4-5-7-22(17)42(38,39)32-36)23(43(40,41)33-37)19(13-16)25-30-20-9-8-15(24(27)28)14-21(20)31-25/h4-9,12-14,32-33,36-37H,10-11H2,1-3H3,(H4-,27,28,29,30,31,35)/p+1. The number of fused-ring (bicyclic) bond motifs is 1. The van der Waals surface area contributed by atoms with E-state index >= 15 is 0 Å². The van der Waals surface area contributed by atoms with Gasteiger partial charge in [0.05, 0.1) is 50.2 Å². The van der Waals surface area contributed by atoms with E-state index in [1.165, 1.54) is 46.2 Å². The molecule has 0 aliphatic heterocycles. The van der Waals surface area contributed by atoms with Crippen LogP contribution < -0.4 is 20.8 Å². The first-order valence-electron chi connectivity index (χ1n) is 12.6. The van der Waals surface area contributed by atoms with E-state index < -0.39 is 35.7 Å². The zero-order valence-electron chi connectivity index (χ0n) is 23.3. The van der Waals surface area contributed by atoms with Crippen LogP contribution in [0.5, 0.6) is 0 Å². The summed E-state index contributed by atoms with van der Waals surface area (Å²) in [7, 11) is -3.51. The minimum absolute atomic E-state index is 0.0441. The number of aromatic nitrogens is 2. The van der Waals surface area contributed by atoms with Crippen molar-refractivity contribution >= 4 is 42.8 Å². The Morgan fingerprint density at radius 3 is 2.21 bits per heavy atom. The monoisotopic (exact) mass is 631 g/mol. The number of amidine groups is 1. The molecular formula is C26H31N8O7S2+. The van der Waals surface area contributed by atoms with Crippen LogP contribution in [0.15, 0.2) is 64.4 Å². The predicted octanol–water partition coefficient (Wildman–Crippen LogP) is 0.952. The summed E-state index contributed by atoms with van der Waals surface area (Å²) in [6.45, 7) is 0.834. The molecule has 0 atom stereocenters. The minimum Gasteiger partial charge on any atom is -0.384 e. The van der Waals surface area contributed by atoms with Gasteiger partial charge in [0.2, 0.25) is 0 Å². The second kappa shape index (κ2) is 11.8. The van der Waals surface area contributed by atoms with Gasteiger partial charge in [0.15, 0.2) is 0 Å². The molecule has 1 amide bonds. The highest BCUT2D eigenvalue weighted by atomic mass is 32.2. The molecule has 228 valence electrons. The molecule has 15 nitrogen and oxygen atoms in total. The zero-order valence-corrected chi connectivity index (χ0v) is 25.0. The number of quaternary nitrogens is 1. The first kappa shape index (κ1) is 31.7. The van der Waals surface area contributed by atoms with Crippen molar-refractivity contribution in [3.8, 4) is 22.5 Å². The Balaban J connectivity index is 2.08. The lowest BCUT2D eigenvalue weighted by molar-refractivity contribution is -0.869. The highest BCUT2D eigenvalue weighted by Gasteiger charge is 2.30. The molecule has 0 aliphatic carbocycles. The number of carbonyl (C=O) groups excluding carboxylic acids is 1. The number of nitrogens with one attached hydrogen (secondary N) is 5. The summed E-state index contributed by atoms with van der Waals surface area (Å²) < 4.78 is 52.8. The van der Waals surface area contributed by atoms with Gasteiger partial charge in [0.25, 0.3) is 26.0 Å². The van der Waals surface area contributed by atoms with E-state index in [2.05, 4.69) is 15.3 Å². The van der Waals surface area contributed by atoms with Crippen LogP contribution in [0.25, 0.3) is 33.5 Å². The van der Waals surface area contributed by atoms with Crippen LogP contribution in [0.3, 0.4) is 0 Å². The number of nitrogen functional groups attached to an aromatic ring is 1. The van der Waals surface area contributed by atoms with Gasteiger partial charge in [0, 0.05) is 27.8 Å². The van der Waals surface area contributed by atoms with E-state index in [1.54, 1.807) is 12.1 Å². The van der Waals surface area contributed by atoms with Crippen LogP contribution >= 0.6 is 0 Å². The molecule has 0 saturated heterocycles. The number of rotatable bonds is 11. The maximum atomic E-state index is 13.4. The Morgan fingerprint density at radius 1 is 0.930 bits per heavy atom. The predicted molar refractivity (Wildman–Crippen MR) is 157 cm³/mol. The van der Waals surface area contributed by atoms with E-state index in [9.17, 15) is 32.0 Å². The SMILES string of the molecule is C[N+](C)(C)CCNC(=O)c1cc(-c2nc3cc(C(=N)N)ccc3[nH]2)c(S(=O)(=O)NO)c(-c2ccccc2S(=O)(=O)NO)c1. The highest BCUT2D eigenvalue weighted by molar-refractivity contribution is 7.90. The van der Waals surface area contributed by atoms with Gasteiger partial charge in [-0.2, -0.15) is 0 Å². The third-order valence-corrected chi connectivity index (χ3v) is 8.84. The molecule has 17 heteroatoms. The fourth-order valence-electron chi connectivity index (χ4n) is 4.35. The molecule has 43 heavy (non-hydrogen) atoms. The molecule has 1 aromatic heterocycles. The van der Waals surface area contributed by atoms with Crippen molar-refractivity contribution in [1.82, 2.24) is 25.1 Å². The second-order valence-electron chi connectivity index (χ2n) is 10.6. The number of amides is 1. The van der Waals surface area contributed by atoms with Crippen LogP contribution in [0.4, 0.5) is 0 Å². The zero-order chi connectivity index (χ0) is 31.7. The number of likely N-dealkylation sites (N-methyl/N-ethyl adjacent to an activating group) is 1. The summed E-state index contributed by atoms with van der Waals surface area (Å²) in [6, 6.07) is 12.3. The van der Waals surface area contributed by atoms with E-state index in [4.69, 9.17) is 11.1 Å². The number of H-pyrrole nitrogens is 1. The molecule has 0 radical (unpaired) electrons. The lowest BCUT2D eigenvalue weighted by Gasteiger charge is -2.24. The average molecular weight is 632 g/mol. The first-order valence-corrected chi connectivity index (χ1v) is 15.6. The number of sulfonamides is 2. The summed E-state index contributed by atoms with van der Waals surface area (Å²) in [5.41, 5.74) is 6.00. The molecule has 0 unspecified atom stereocenters. The lowest BCUT2D eigenvalue weighted by atomic mass is 9.98. The Labute approximate surface area is 247 Å². The van der Waals surface area contributed by atoms with E-state index in [0.717, 1.165) is 6.07 Å². The van der Waals surface area contributed by atoms with E-state index in [0.29, 0.717) is 27.6 Å². The van der Waals surface area contributed by atoms with Crippen molar-refractivity contribution in [3.05, 3.63) is 65.7 Å². The second-order valence-corrected chi connectivity index (χ2v) is 13.8. The fraction of sp³-hybridized carbons (Fsp3) is 0.192.